The molecule has 1 N–H and O–H groups in total. The highest BCUT2D eigenvalue weighted by Crippen LogP contribution is 2.31. The Kier molecular flexibility index (Phi) is 3.24. The molecule has 0 spiro atoms. The second-order valence-electron chi connectivity index (χ2n) is 4.50. The topological polar surface area (TPSA) is 12.0 Å². The maximum absolute atomic E-state index is 6.09. The summed E-state index contributed by atoms with van der Waals surface area (Å²) in [5, 5.41) is 5.07. The molecule has 1 aromatic rings. The van der Waals surface area contributed by atoms with Crippen LogP contribution in [-0.2, 0) is 6.54 Å². The first-order valence-corrected chi connectivity index (χ1v) is 6.04. The van der Waals surface area contributed by atoms with Gasteiger partial charge < -0.3 is 5.32 Å². The van der Waals surface area contributed by atoms with E-state index in [1.807, 2.05) is 18.2 Å². The molecule has 0 unspecified atom stereocenters. The summed E-state index contributed by atoms with van der Waals surface area (Å²) in [5.74, 6) is 0. The Morgan fingerprint density at radius 2 is 2.07 bits per heavy atom. The van der Waals surface area contributed by atoms with Crippen molar-refractivity contribution in [3.8, 4) is 0 Å². The van der Waals surface area contributed by atoms with Crippen LogP contribution < -0.4 is 5.32 Å². The first kappa shape index (κ1) is 11.3. The van der Waals surface area contributed by atoms with E-state index in [2.05, 4.69) is 12.2 Å². The third kappa shape index (κ3) is 2.66. The van der Waals surface area contributed by atoms with Crippen molar-refractivity contribution < 1.29 is 0 Å². The molecule has 82 valence electrons. The van der Waals surface area contributed by atoms with E-state index in [0.29, 0.717) is 5.54 Å². The SMILES string of the molecule is CC1(NCc2cc(Cl)ccc2Cl)CCC1. The molecule has 1 aromatic carbocycles. The highest BCUT2D eigenvalue weighted by atomic mass is 35.5. The third-order valence-corrected chi connectivity index (χ3v) is 3.77. The van der Waals surface area contributed by atoms with Gasteiger partial charge >= 0.3 is 0 Å². The Labute approximate surface area is 101 Å². The van der Waals surface area contributed by atoms with Crippen molar-refractivity contribution in [3.05, 3.63) is 33.8 Å². The van der Waals surface area contributed by atoms with Gasteiger partial charge in [-0.1, -0.05) is 23.2 Å². The number of nitrogens with one attached hydrogen (secondary N) is 1. The Bertz CT molecular complexity index is 359. The van der Waals surface area contributed by atoms with Crippen LogP contribution in [0.1, 0.15) is 31.7 Å². The van der Waals surface area contributed by atoms with E-state index in [-0.39, 0.29) is 0 Å². The first-order chi connectivity index (χ1) is 7.09. The molecule has 3 heteroatoms. The molecule has 0 amide bonds. The van der Waals surface area contributed by atoms with E-state index < -0.39 is 0 Å². The lowest BCUT2D eigenvalue weighted by Crippen LogP contribution is -2.47. The van der Waals surface area contributed by atoms with Crippen molar-refractivity contribution in [2.75, 3.05) is 0 Å². The van der Waals surface area contributed by atoms with E-state index in [0.717, 1.165) is 22.2 Å². The van der Waals surface area contributed by atoms with Gasteiger partial charge in [-0.2, -0.15) is 0 Å². The van der Waals surface area contributed by atoms with Crippen LogP contribution in [0, 0.1) is 0 Å². The summed E-state index contributed by atoms with van der Waals surface area (Å²) in [5.41, 5.74) is 1.39. The van der Waals surface area contributed by atoms with E-state index in [1.165, 1.54) is 19.3 Å². The zero-order valence-corrected chi connectivity index (χ0v) is 10.3. The molecule has 0 aliphatic heterocycles. The lowest BCUT2D eigenvalue weighted by molar-refractivity contribution is 0.207. The van der Waals surface area contributed by atoms with Crippen LogP contribution in [0.3, 0.4) is 0 Å². The molecule has 0 heterocycles. The highest BCUT2D eigenvalue weighted by Gasteiger charge is 2.30. The molecule has 0 bridgehead atoms. The normalized spacial score (nSPS) is 18.6. The molecule has 2 rings (SSSR count). The fourth-order valence-electron chi connectivity index (χ4n) is 1.87. The average Bonchev–Trinajstić information content (AvgIpc) is 2.17. The molecule has 0 aromatic heterocycles. The molecule has 0 saturated heterocycles. The van der Waals surface area contributed by atoms with Gasteiger partial charge in [0, 0.05) is 22.1 Å². The van der Waals surface area contributed by atoms with Crippen LogP contribution in [-0.4, -0.2) is 5.54 Å². The largest absolute Gasteiger partial charge is 0.307 e. The number of rotatable bonds is 3. The summed E-state index contributed by atoms with van der Waals surface area (Å²) in [6, 6.07) is 5.60. The Balaban J connectivity index is 2.01. The summed E-state index contributed by atoms with van der Waals surface area (Å²) >= 11 is 12.0. The van der Waals surface area contributed by atoms with Crippen molar-refractivity contribution in [3.63, 3.8) is 0 Å². The minimum atomic E-state index is 0.311. The van der Waals surface area contributed by atoms with E-state index >= 15 is 0 Å². The second kappa shape index (κ2) is 4.32. The molecular weight excluding hydrogens is 229 g/mol. The summed E-state index contributed by atoms with van der Waals surface area (Å²) in [6.07, 6.45) is 3.84. The maximum atomic E-state index is 6.09. The van der Waals surface area contributed by atoms with Crippen molar-refractivity contribution in [1.29, 1.82) is 0 Å². The van der Waals surface area contributed by atoms with Crippen LogP contribution >= 0.6 is 23.2 Å². The van der Waals surface area contributed by atoms with Crippen LogP contribution in [0.5, 0.6) is 0 Å². The summed E-state index contributed by atoms with van der Waals surface area (Å²) in [6.45, 7) is 3.06. The number of hydrogen-bond acceptors (Lipinski definition) is 1. The monoisotopic (exact) mass is 243 g/mol. The van der Waals surface area contributed by atoms with Gasteiger partial charge in [-0.25, -0.2) is 0 Å². The zero-order valence-electron chi connectivity index (χ0n) is 8.82. The van der Waals surface area contributed by atoms with Gasteiger partial charge in [-0.05, 0) is 49.9 Å². The quantitative estimate of drug-likeness (QED) is 0.846. The molecular formula is C12H15Cl2N. The lowest BCUT2D eigenvalue weighted by Gasteiger charge is -2.39. The molecule has 1 nitrogen and oxygen atoms in total. The van der Waals surface area contributed by atoms with Gasteiger partial charge in [0.05, 0.1) is 0 Å². The standard InChI is InChI=1S/C12H15Cl2N/c1-12(5-2-6-12)15-8-9-7-10(13)3-4-11(9)14/h3-4,7,15H,2,5-6,8H2,1H3. The Morgan fingerprint density at radius 1 is 1.33 bits per heavy atom. The number of halogens is 2. The fourth-order valence-corrected chi connectivity index (χ4v) is 2.25. The smallest absolute Gasteiger partial charge is 0.0451 e. The van der Waals surface area contributed by atoms with Crippen molar-refractivity contribution >= 4 is 23.2 Å². The molecule has 0 radical (unpaired) electrons. The van der Waals surface area contributed by atoms with Crippen LogP contribution in [0.4, 0.5) is 0 Å². The summed E-state index contributed by atoms with van der Waals surface area (Å²) < 4.78 is 0. The lowest BCUT2D eigenvalue weighted by atomic mass is 9.78. The van der Waals surface area contributed by atoms with Crippen molar-refractivity contribution in [2.45, 2.75) is 38.3 Å². The minimum Gasteiger partial charge on any atom is -0.307 e. The van der Waals surface area contributed by atoms with E-state index in [4.69, 9.17) is 23.2 Å². The van der Waals surface area contributed by atoms with Gasteiger partial charge in [0.1, 0.15) is 0 Å². The van der Waals surface area contributed by atoms with Crippen LogP contribution in [0.15, 0.2) is 18.2 Å². The fraction of sp³-hybridized carbons (Fsp3) is 0.500. The predicted molar refractivity (Wildman–Crippen MR) is 65.6 cm³/mol. The van der Waals surface area contributed by atoms with E-state index in [1.54, 1.807) is 0 Å². The van der Waals surface area contributed by atoms with E-state index in [9.17, 15) is 0 Å². The van der Waals surface area contributed by atoms with Gasteiger partial charge in [0.2, 0.25) is 0 Å². The van der Waals surface area contributed by atoms with Gasteiger partial charge in [0.15, 0.2) is 0 Å². The minimum absolute atomic E-state index is 0.311. The molecule has 0 atom stereocenters. The highest BCUT2D eigenvalue weighted by molar-refractivity contribution is 6.33. The molecule has 15 heavy (non-hydrogen) atoms. The zero-order chi connectivity index (χ0) is 10.9. The Morgan fingerprint density at radius 3 is 2.67 bits per heavy atom. The molecule has 1 aliphatic rings. The second-order valence-corrected chi connectivity index (χ2v) is 5.35. The summed E-state index contributed by atoms with van der Waals surface area (Å²) in [7, 11) is 0. The van der Waals surface area contributed by atoms with Crippen molar-refractivity contribution in [2.24, 2.45) is 0 Å². The van der Waals surface area contributed by atoms with Crippen LogP contribution in [0.25, 0.3) is 0 Å². The first-order valence-electron chi connectivity index (χ1n) is 5.28. The Hall–Kier alpha value is -0.240. The summed E-state index contributed by atoms with van der Waals surface area (Å²) in [4.78, 5) is 0. The third-order valence-electron chi connectivity index (χ3n) is 3.17. The molecule has 1 aliphatic carbocycles. The number of hydrogen-bond donors (Lipinski definition) is 1. The maximum Gasteiger partial charge on any atom is 0.0451 e. The average molecular weight is 244 g/mol. The predicted octanol–water partition coefficient (Wildman–Crippen LogP) is 4.03. The molecule has 1 saturated carbocycles. The number of benzene rings is 1. The van der Waals surface area contributed by atoms with Crippen molar-refractivity contribution in [1.82, 2.24) is 5.32 Å². The molecule has 1 fully saturated rings. The van der Waals surface area contributed by atoms with Gasteiger partial charge in [-0.15, -0.1) is 0 Å². The van der Waals surface area contributed by atoms with Crippen LogP contribution in [0.2, 0.25) is 10.0 Å². The van der Waals surface area contributed by atoms with Gasteiger partial charge in [-0.3, -0.25) is 0 Å². The van der Waals surface area contributed by atoms with Gasteiger partial charge in [0.25, 0.3) is 0 Å².